The van der Waals surface area contributed by atoms with Crippen LogP contribution in [0.2, 0.25) is 0 Å². The van der Waals surface area contributed by atoms with Gasteiger partial charge in [0.05, 0.1) is 12.2 Å². The monoisotopic (exact) mass is 609 g/mol. The lowest BCUT2D eigenvalue weighted by molar-refractivity contribution is -0.192. The summed E-state index contributed by atoms with van der Waals surface area (Å²) in [5, 5.41) is 21.5. The van der Waals surface area contributed by atoms with Crippen molar-refractivity contribution < 1.29 is 41.4 Å². The smallest absolute Gasteiger partial charge is 0.480 e. The number of carboxylic acid groups (broad SMARTS) is 2. The van der Waals surface area contributed by atoms with Crippen molar-refractivity contribution in [1.29, 1.82) is 0 Å². The Balaban J connectivity index is 0.000000587. The van der Waals surface area contributed by atoms with Crippen LogP contribution < -0.4 is 5.32 Å². The minimum atomic E-state index is -5.08. The van der Waals surface area contributed by atoms with E-state index in [1.165, 1.54) is 34.1 Å². The summed E-state index contributed by atoms with van der Waals surface area (Å²) in [6, 6.07) is 15.7. The Morgan fingerprint density at radius 1 is 0.976 bits per heavy atom. The summed E-state index contributed by atoms with van der Waals surface area (Å²) in [7, 11) is -3.88. The SMILES string of the molecule is O=C(O)C(F)(F)F.O=C(O)CNc1cccc(CN(Cc2ccc(-c3nccs3)cc2)S(=O)(=O)c2cccnc2)n1. The van der Waals surface area contributed by atoms with Crippen molar-refractivity contribution in [2.45, 2.75) is 24.2 Å². The lowest BCUT2D eigenvalue weighted by atomic mass is 10.1. The second-order valence-electron chi connectivity index (χ2n) is 8.06. The number of aliphatic carboxylic acids is 2. The third kappa shape index (κ3) is 9.33. The first-order valence-electron chi connectivity index (χ1n) is 11.5. The summed E-state index contributed by atoms with van der Waals surface area (Å²) in [5.41, 5.74) is 2.23. The topological polar surface area (TPSA) is 163 Å². The Hall–Kier alpha value is -4.41. The van der Waals surface area contributed by atoms with Gasteiger partial charge < -0.3 is 15.5 Å². The Morgan fingerprint density at radius 2 is 1.68 bits per heavy atom. The van der Waals surface area contributed by atoms with Gasteiger partial charge in [0.25, 0.3) is 0 Å². The predicted molar refractivity (Wildman–Crippen MR) is 142 cm³/mol. The van der Waals surface area contributed by atoms with Crippen molar-refractivity contribution in [3.63, 3.8) is 0 Å². The van der Waals surface area contributed by atoms with Crippen LogP contribution in [0, 0.1) is 0 Å². The first kappa shape index (κ1) is 31.1. The number of rotatable bonds is 10. The number of nitrogens with zero attached hydrogens (tertiary/aromatic N) is 4. The van der Waals surface area contributed by atoms with Gasteiger partial charge in [-0.2, -0.15) is 17.5 Å². The minimum absolute atomic E-state index is 0.00590. The Labute approximate surface area is 236 Å². The molecule has 4 rings (SSSR count). The second-order valence-corrected chi connectivity index (χ2v) is 10.9. The van der Waals surface area contributed by atoms with E-state index >= 15 is 0 Å². The van der Waals surface area contributed by atoms with Crippen molar-refractivity contribution in [1.82, 2.24) is 19.3 Å². The fourth-order valence-electron chi connectivity index (χ4n) is 3.21. The molecule has 41 heavy (non-hydrogen) atoms. The highest BCUT2D eigenvalue weighted by Crippen LogP contribution is 2.24. The molecule has 0 saturated heterocycles. The molecule has 16 heteroatoms. The van der Waals surface area contributed by atoms with Gasteiger partial charge in [0.2, 0.25) is 10.0 Å². The number of halogens is 3. The van der Waals surface area contributed by atoms with Gasteiger partial charge >= 0.3 is 18.1 Å². The molecule has 0 spiro atoms. The highest BCUT2D eigenvalue weighted by atomic mass is 32.2. The van der Waals surface area contributed by atoms with Crippen LogP contribution in [0.25, 0.3) is 10.6 Å². The van der Waals surface area contributed by atoms with Crippen LogP contribution in [-0.2, 0) is 32.7 Å². The van der Waals surface area contributed by atoms with Gasteiger partial charge in [-0.15, -0.1) is 11.3 Å². The van der Waals surface area contributed by atoms with Gasteiger partial charge in [0.1, 0.15) is 22.3 Å². The van der Waals surface area contributed by atoms with Gasteiger partial charge in [-0.05, 0) is 29.8 Å². The number of benzene rings is 1. The molecule has 0 atom stereocenters. The summed E-state index contributed by atoms with van der Waals surface area (Å²) in [4.78, 5) is 32.4. The maximum absolute atomic E-state index is 13.5. The largest absolute Gasteiger partial charge is 0.490 e. The molecule has 3 N–H and O–H groups in total. The summed E-state index contributed by atoms with van der Waals surface area (Å²) in [6.45, 7) is -0.183. The second kappa shape index (κ2) is 13.8. The molecule has 3 heterocycles. The predicted octanol–water partition coefficient (Wildman–Crippen LogP) is 4.12. The molecular formula is C25H22F3N5O6S2. The van der Waals surface area contributed by atoms with Crippen molar-refractivity contribution >= 4 is 39.1 Å². The standard InChI is InChI=1S/C23H21N5O4S2.C2HF3O2/c29-22(30)14-26-21-5-1-3-19(27-21)16-28(34(31,32)20-4-2-10-24-13-20)15-17-6-8-18(9-7-17)23-25-11-12-33-23;3-2(4,5)1(6)7/h1-13H,14-16H2,(H,26,27)(H,29,30);(H,6,7). The van der Waals surface area contributed by atoms with Crippen LogP contribution in [0.15, 0.2) is 83.5 Å². The molecule has 0 amide bonds. The van der Waals surface area contributed by atoms with Crippen molar-refractivity contribution in [2.75, 3.05) is 11.9 Å². The van der Waals surface area contributed by atoms with E-state index < -0.39 is 28.1 Å². The average Bonchev–Trinajstić information content (AvgIpc) is 3.48. The molecule has 0 fully saturated rings. The van der Waals surface area contributed by atoms with E-state index in [-0.39, 0.29) is 24.5 Å². The van der Waals surface area contributed by atoms with E-state index in [0.717, 1.165) is 16.1 Å². The zero-order valence-electron chi connectivity index (χ0n) is 20.9. The third-order valence-electron chi connectivity index (χ3n) is 5.07. The van der Waals surface area contributed by atoms with Crippen LogP contribution in [0.4, 0.5) is 19.0 Å². The molecule has 0 aliphatic carbocycles. The number of thiazole rings is 1. The van der Waals surface area contributed by atoms with Crippen LogP contribution in [-0.4, -0.2) is 62.5 Å². The number of pyridine rings is 2. The third-order valence-corrected chi connectivity index (χ3v) is 7.67. The Kier molecular flexibility index (Phi) is 10.5. The quantitative estimate of drug-likeness (QED) is 0.238. The number of sulfonamides is 1. The van der Waals surface area contributed by atoms with Gasteiger partial charge in [0.15, 0.2) is 0 Å². The number of anilines is 1. The van der Waals surface area contributed by atoms with Crippen LogP contribution in [0.1, 0.15) is 11.3 Å². The molecule has 0 unspecified atom stereocenters. The van der Waals surface area contributed by atoms with Crippen LogP contribution in [0.5, 0.6) is 0 Å². The zero-order chi connectivity index (χ0) is 30.0. The molecule has 0 aliphatic rings. The zero-order valence-corrected chi connectivity index (χ0v) is 22.5. The molecule has 1 aromatic carbocycles. The van der Waals surface area contributed by atoms with E-state index in [1.807, 2.05) is 29.6 Å². The number of aromatic nitrogens is 3. The minimum Gasteiger partial charge on any atom is -0.480 e. The van der Waals surface area contributed by atoms with Gasteiger partial charge in [-0.25, -0.2) is 23.2 Å². The lowest BCUT2D eigenvalue weighted by Crippen LogP contribution is -2.30. The molecular weight excluding hydrogens is 587 g/mol. The highest BCUT2D eigenvalue weighted by Gasteiger charge is 2.38. The first-order valence-corrected chi connectivity index (χ1v) is 13.8. The fraction of sp³-hybridized carbons (Fsp3) is 0.160. The van der Waals surface area contributed by atoms with E-state index in [9.17, 15) is 26.4 Å². The molecule has 4 aromatic rings. The number of carboxylic acids is 2. The number of alkyl halides is 3. The van der Waals surface area contributed by atoms with Crippen molar-refractivity contribution in [3.8, 4) is 10.6 Å². The van der Waals surface area contributed by atoms with Crippen LogP contribution >= 0.6 is 11.3 Å². The number of nitrogens with one attached hydrogen (secondary N) is 1. The molecule has 216 valence electrons. The molecule has 0 bridgehead atoms. The molecule has 3 aromatic heterocycles. The van der Waals surface area contributed by atoms with Crippen LogP contribution in [0.3, 0.4) is 0 Å². The summed E-state index contributed by atoms with van der Waals surface area (Å²) >= 11 is 1.53. The number of carbonyl (C=O) groups is 2. The maximum Gasteiger partial charge on any atom is 0.490 e. The maximum atomic E-state index is 13.5. The number of hydrogen-bond donors (Lipinski definition) is 3. The molecule has 0 aliphatic heterocycles. The summed E-state index contributed by atoms with van der Waals surface area (Å²) in [6.07, 6.45) is -0.519. The van der Waals surface area contributed by atoms with Gasteiger partial charge in [-0.3, -0.25) is 9.78 Å². The normalized spacial score (nSPS) is 11.4. The first-order chi connectivity index (χ1) is 19.4. The Bertz CT molecular complexity index is 1550. The number of hydrogen-bond acceptors (Lipinski definition) is 9. The van der Waals surface area contributed by atoms with E-state index in [1.54, 1.807) is 30.5 Å². The van der Waals surface area contributed by atoms with E-state index in [2.05, 4.69) is 20.3 Å². The molecule has 0 radical (unpaired) electrons. The summed E-state index contributed by atoms with van der Waals surface area (Å²) in [5.74, 6) is -3.42. The summed E-state index contributed by atoms with van der Waals surface area (Å²) < 4.78 is 60.0. The van der Waals surface area contributed by atoms with Gasteiger partial charge in [0, 0.05) is 36.1 Å². The van der Waals surface area contributed by atoms with Crippen molar-refractivity contribution in [3.05, 3.63) is 89.8 Å². The van der Waals surface area contributed by atoms with E-state index in [0.29, 0.717) is 11.5 Å². The lowest BCUT2D eigenvalue weighted by Gasteiger charge is -2.22. The Morgan fingerprint density at radius 3 is 2.24 bits per heavy atom. The van der Waals surface area contributed by atoms with Crippen molar-refractivity contribution in [2.24, 2.45) is 0 Å². The molecule has 11 nitrogen and oxygen atoms in total. The van der Waals surface area contributed by atoms with E-state index in [4.69, 9.17) is 15.0 Å². The van der Waals surface area contributed by atoms with Gasteiger partial charge in [-0.1, -0.05) is 30.3 Å². The average molecular weight is 610 g/mol. The molecule has 0 saturated carbocycles. The highest BCUT2D eigenvalue weighted by molar-refractivity contribution is 7.89. The fourth-order valence-corrected chi connectivity index (χ4v) is 5.22.